The lowest BCUT2D eigenvalue weighted by Gasteiger charge is -2.06. The van der Waals surface area contributed by atoms with E-state index in [4.69, 9.17) is 14.9 Å². The molecule has 20 heavy (non-hydrogen) atoms. The predicted molar refractivity (Wildman–Crippen MR) is 71.0 cm³/mol. The van der Waals surface area contributed by atoms with Crippen LogP contribution in [-0.4, -0.2) is 21.4 Å². The van der Waals surface area contributed by atoms with Crippen molar-refractivity contribution in [2.45, 2.75) is 4.90 Å². The first-order valence-corrected chi connectivity index (χ1v) is 6.96. The monoisotopic (exact) mass is 296 g/mol. The van der Waals surface area contributed by atoms with Crippen LogP contribution in [0.4, 0.5) is 5.69 Å². The highest BCUT2D eigenvalue weighted by molar-refractivity contribution is 7.92. The summed E-state index contributed by atoms with van der Waals surface area (Å²) >= 11 is 0. The Morgan fingerprint density at radius 2 is 1.95 bits per heavy atom. The number of furan rings is 1. The van der Waals surface area contributed by atoms with E-state index in [1.54, 1.807) is 24.3 Å². The first-order valence-electron chi connectivity index (χ1n) is 5.47. The largest absolute Gasteiger partial charge is 0.497 e. The number of nitrogens with two attached hydrogens (primary N) is 1. The van der Waals surface area contributed by atoms with Gasteiger partial charge in [-0.15, -0.1) is 0 Å². The number of carbonyl (C=O) groups is 1. The van der Waals surface area contributed by atoms with Crippen LogP contribution in [0.15, 0.2) is 45.9 Å². The summed E-state index contributed by atoms with van der Waals surface area (Å²) in [5.74, 6) is -0.455. The third kappa shape index (κ3) is 2.91. The molecule has 106 valence electrons. The molecular formula is C12H12N2O5S. The number of ether oxygens (including phenoxy) is 1. The third-order valence-corrected chi connectivity index (χ3v) is 3.81. The Morgan fingerprint density at radius 1 is 1.30 bits per heavy atom. The average molecular weight is 296 g/mol. The molecule has 2 rings (SSSR count). The zero-order chi connectivity index (χ0) is 14.8. The number of anilines is 1. The lowest BCUT2D eigenvalue weighted by atomic mass is 10.3. The van der Waals surface area contributed by atoms with Gasteiger partial charge in [-0.1, -0.05) is 0 Å². The molecule has 2 aromatic rings. The van der Waals surface area contributed by atoms with Crippen LogP contribution in [0, 0.1) is 0 Å². The molecule has 0 saturated heterocycles. The van der Waals surface area contributed by atoms with Gasteiger partial charge in [0.05, 0.1) is 7.11 Å². The fraction of sp³-hybridized carbons (Fsp3) is 0.0833. The summed E-state index contributed by atoms with van der Waals surface area (Å²) in [5, 5.41) is 0. The van der Waals surface area contributed by atoms with Gasteiger partial charge in [-0.25, -0.2) is 8.42 Å². The first-order chi connectivity index (χ1) is 9.42. The molecule has 0 bridgehead atoms. The minimum Gasteiger partial charge on any atom is -0.497 e. The van der Waals surface area contributed by atoms with Gasteiger partial charge in [0, 0.05) is 11.8 Å². The van der Waals surface area contributed by atoms with E-state index in [0.29, 0.717) is 11.4 Å². The number of hydrogen-bond donors (Lipinski definition) is 2. The first kappa shape index (κ1) is 13.9. The van der Waals surface area contributed by atoms with Gasteiger partial charge in [0.25, 0.3) is 15.9 Å². The second-order valence-corrected chi connectivity index (χ2v) is 5.53. The molecule has 1 heterocycles. The van der Waals surface area contributed by atoms with E-state index in [2.05, 4.69) is 4.72 Å². The number of benzene rings is 1. The van der Waals surface area contributed by atoms with Gasteiger partial charge in [-0.05, 0) is 24.3 Å². The number of amides is 1. The van der Waals surface area contributed by atoms with Crippen molar-refractivity contribution in [3.63, 3.8) is 0 Å². The van der Waals surface area contributed by atoms with Gasteiger partial charge in [0.15, 0.2) is 5.76 Å². The smallest absolute Gasteiger partial charge is 0.284 e. The molecule has 0 aliphatic heterocycles. The molecule has 0 spiro atoms. The Kier molecular flexibility index (Phi) is 3.66. The van der Waals surface area contributed by atoms with E-state index in [0.717, 1.165) is 12.3 Å². The fourth-order valence-electron chi connectivity index (χ4n) is 1.46. The Morgan fingerprint density at radius 3 is 2.45 bits per heavy atom. The second kappa shape index (κ2) is 5.25. The van der Waals surface area contributed by atoms with E-state index in [-0.39, 0.29) is 10.7 Å². The number of primary amides is 1. The minimum atomic E-state index is -3.84. The quantitative estimate of drug-likeness (QED) is 0.860. The van der Waals surface area contributed by atoms with Crippen LogP contribution in [0.25, 0.3) is 0 Å². The molecule has 3 N–H and O–H groups in total. The van der Waals surface area contributed by atoms with Crippen LogP contribution < -0.4 is 15.2 Å². The van der Waals surface area contributed by atoms with Crippen molar-refractivity contribution in [1.29, 1.82) is 0 Å². The summed E-state index contributed by atoms with van der Waals surface area (Å²) in [7, 11) is -2.33. The summed E-state index contributed by atoms with van der Waals surface area (Å²) in [5.41, 5.74) is 5.35. The van der Waals surface area contributed by atoms with Crippen LogP contribution >= 0.6 is 0 Å². The summed E-state index contributed by atoms with van der Waals surface area (Å²) in [6, 6.07) is 7.38. The summed E-state index contributed by atoms with van der Waals surface area (Å²) in [6.45, 7) is 0. The maximum absolute atomic E-state index is 12.0. The highest BCUT2D eigenvalue weighted by Crippen LogP contribution is 2.20. The standard InChI is InChI=1S/C12H12N2O5S/c1-18-9-4-2-8(3-5-9)14-20(16,17)10-6-11(12(13)15)19-7-10/h2-7,14H,1H3,(H2,13,15). The number of nitrogens with one attached hydrogen (secondary N) is 1. The highest BCUT2D eigenvalue weighted by atomic mass is 32.2. The van der Waals surface area contributed by atoms with E-state index in [1.807, 2.05) is 0 Å². The molecule has 1 amide bonds. The summed E-state index contributed by atoms with van der Waals surface area (Å²) in [6.07, 6.45) is 0.950. The molecular weight excluding hydrogens is 284 g/mol. The van der Waals surface area contributed by atoms with Gasteiger partial charge in [-0.3, -0.25) is 9.52 Å². The number of methoxy groups -OCH3 is 1. The molecule has 7 nitrogen and oxygen atoms in total. The third-order valence-electron chi connectivity index (χ3n) is 2.47. The van der Waals surface area contributed by atoms with Gasteiger partial charge in [-0.2, -0.15) is 0 Å². The minimum absolute atomic E-state index is 0.179. The van der Waals surface area contributed by atoms with Crippen molar-refractivity contribution < 1.29 is 22.4 Å². The van der Waals surface area contributed by atoms with Crippen LogP contribution in [0.1, 0.15) is 10.6 Å². The van der Waals surface area contributed by atoms with Crippen molar-refractivity contribution in [1.82, 2.24) is 0 Å². The molecule has 0 unspecified atom stereocenters. The van der Waals surface area contributed by atoms with Crippen LogP contribution in [0.3, 0.4) is 0 Å². The maximum atomic E-state index is 12.0. The predicted octanol–water partition coefficient (Wildman–Crippen LogP) is 1.19. The normalized spacial score (nSPS) is 11.1. The number of sulfonamides is 1. The molecule has 0 atom stereocenters. The lowest BCUT2D eigenvalue weighted by Crippen LogP contribution is -2.13. The Bertz CT molecular complexity index is 719. The average Bonchev–Trinajstić information content (AvgIpc) is 2.90. The van der Waals surface area contributed by atoms with Crippen LogP contribution in [0.5, 0.6) is 5.75 Å². The topological polar surface area (TPSA) is 112 Å². The molecule has 0 fully saturated rings. The number of hydrogen-bond acceptors (Lipinski definition) is 5. The van der Waals surface area contributed by atoms with E-state index in [1.165, 1.54) is 7.11 Å². The van der Waals surface area contributed by atoms with Crippen molar-refractivity contribution in [2.75, 3.05) is 11.8 Å². The second-order valence-electron chi connectivity index (χ2n) is 3.84. The van der Waals surface area contributed by atoms with Crippen molar-refractivity contribution in [3.8, 4) is 5.75 Å². The van der Waals surface area contributed by atoms with Crippen LogP contribution in [0.2, 0.25) is 0 Å². The molecule has 1 aromatic heterocycles. The summed E-state index contributed by atoms with van der Waals surface area (Å²) < 4.78 is 36.2. The Balaban J connectivity index is 2.23. The SMILES string of the molecule is COc1ccc(NS(=O)(=O)c2coc(C(N)=O)c2)cc1. The summed E-state index contributed by atoms with van der Waals surface area (Å²) in [4.78, 5) is 10.7. The molecule has 0 aliphatic rings. The van der Waals surface area contributed by atoms with Gasteiger partial charge >= 0.3 is 0 Å². The van der Waals surface area contributed by atoms with Crippen molar-refractivity contribution in [3.05, 3.63) is 42.4 Å². The van der Waals surface area contributed by atoms with Gasteiger partial charge < -0.3 is 14.9 Å². The van der Waals surface area contributed by atoms with E-state index >= 15 is 0 Å². The Hall–Kier alpha value is -2.48. The van der Waals surface area contributed by atoms with Gasteiger partial charge in [0.2, 0.25) is 0 Å². The number of carbonyl (C=O) groups excluding carboxylic acids is 1. The maximum Gasteiger partial charge on any atom is 0.284 e. The molecule has 1 aromatic carbocycles. The molecule has 8 heteroatoms. The zero-order valence-corrected chi connectivity index (χ0v) is 11.3. The zero-order valence-electron chi connectivity index (χ0n) is 10.5. The van der Waals surface area contributed by atoms with E-state index < -0.39 is 15.9 Å². The van der Waals surface area contributed by atoms with Crippen molar-refractivity contribution >= 4 is 21.6 Å². The number of rotatable bonds is 5. The molecule has 0 saturated carbocycles. The van der Waals surface area contributed by atoms with E-state index in [9.17, 15) is 13.2 Å². The highest BCUT2D eigenvalue weighted by Gasteiger charge is 2.19. The van der Waals surface area contributed by atoms with Gasteiger partial charge in [0.1, 0.15) is 16.9 Å². The molecule has 0 radical (unpaired) electrons. The lowest BCUT2D eigenvalue weighted by molar-refractivity contribution is 0.0974. The van der Waals surface area contributed by atoms with Crippen molar-refractivity contribution in [2.24, 2.45) is 5.73 Å². The fourth-order valence-corrected chi connectivity index (χ4v) is 2.46. The van der Waals surface area contributed by atoms with Crippen LogP contribution in [-0.2, 0) is 10.0 Å². The Labute approximate surface area is 115 Å². The molecule has 0 aliphatic carbocycles.